The largest absolute Gasteiger partial charge is 0.391 e. The summed E-state index contributed by atoms with van der Waals surface area (Å²) in [6.07, 6.45) is 4.32. The summed E-state index contributed by atoms with van der Waals surface area (Å²) >= 11 is 0. The van der Waals surface area contributed by atoms with Gasteiger partial charge in [-0.05, 0) is 5.53 Å². The lowest BCUT2D eigenvalue weighted by atomic mass is 10.4. The van der Waals surface area contributed by atoms with Gasteiger partial charge in [0.25, 0.3) is 0 Å². The molecule has 84 valence electrons. The normalized spacial score (nSPS) is 14.9. The molecule has 0 bridgehead atoms. The van der Waals surface area contributed by atoms with Gasteiger partial charge in [0.05, 0.1) is 26.4 Å². The average Bonchev–Trinajstić information content (AvgIpc) is 2.13. The van der Waals surface area contributed by atoms with E-state index in [2.05, 4.69) is 35.6 Å². The second-order valence-corrected chi connectivity index (χ2v) is 9.58. The second kappa shape index (κ2) is 6.48. The molecule has 2 unspecified atom stereocenters. The van der Waals surface area contributed by atoms with E-state index in [1.165, 1.54) is 0 Å². The molecule has 0 aliphatic heterocycles. The van der Waals surface area contributed by atoms with Crippen LogP contribution in [-0.4, -0.2) is 38.2 Å². The van der Waals surface area contributed by atoms with Crippen molar-refractivity contribution < 1.29 is 9.84 Å². The fraction of sp³-hybridized carbons (Fsp3) is 0.778. The van der Waals surface area contributed by atoms with E-state index in [1.807, 2.05) is 0 Å². The van der Waals surface area contributed by atoms with E-state index in [0.717, 1.165) is 0 Å². The van der Waals surface area contributed by atoms with Crippen LogP contribution < -0.4 is 0 Å². The van der Waals surface area contributed by atoms with Crippen LogP contribution in [0.15, 0.2) is 5.11 Å². The predicted molar refractivity (Wildman–Crippen MR) is 61.9 cm³/mol. The van der Waals surface area contributed by atoms with Gasteiger partial charge in [0.15, 0.2) is 0 Å². The average molecular weight is 227 g/mol. The Morgan fingerprint density at radius 3 is 2.60 bits per heavy atom. The Labute approximate surface area is 91.1 Å². The van der Waals surface area contributed by atoms with E-state index in [1.54, 1.807) is 0 Å². The number of ether oxygens (including phenoxy) is 1. The number of aliphatic hydroxyl groups is 1. The van der Waals surface area contributed by atoms with Gasteiger partial charge in [0.2, 0.25) is 0 Å². The first kappa shape index (κ1) is 14.0. The third-order valence-corrected chi connectivity index (χ3v) is 4.14. The molecule has 0 aromatic rings. The van der Waals surface area contributed by atoms with Gasteiger partial charge in [-0.3, -0.25) is 0 Å². The minimum atomic E-state index is -1.69. The molecule has 0 aromatic heterocycles. The molecule has 0 saturated carbocycles. The highest BCUT2D eigenvalue weighted by atomic mass is 28.3. The van der Waals surface area contributed by atoms with Crippen LogP contribution in [0, 0.1) is 12.3 Å². The number of hydrogen-bond acceptors (Lipinski definition) is 3. The van der Waals surface area contributed by atoms with Crippen molar-refractivity contribution in [2.45, 2.75) is 31.5 Å². The van der Waals surface area contributed by atoms with E-state index in [-0.39, 0.29) is 18.9 Å². The van der Waals surface area contributed by atoms with E-state index in [4.69, 9.17) is 16.7 Å². The lowest BCUT2D eigenvalue weighted by molar-refractivity contribution is 0.0220. The van der Waals surface area contributed by atoms with Gasteiger partial charge in [0, 0.05) is 4.91 Å². The van der Waals surface area contributed by atoms with E-state index < -0.39 is 14.2 Å². The Balaban J connectivity index is 4.48. The fourth-order valence-corrected chi connectivity index (χ4v) is 3.14. The van der Waals surface area contributed by atoms with Crippen molar-refractivity contribution in [2.75, 3.05) is 13.2 Å². The number of rotatable bonds is 6. The molecular formula is C9H17N3O2Si. The van der Waals surface area contributed by atoms with Gasteiger partial charge in [0.1, 0.15) is 6.61 Å². The molecule has 0 amide bonds. The maximum absolute atomic E-state index is 9.78. The summed E-state index contributed by atoms with van der Waals surface area (Å²) in [6.45, 7) is 6.38. The van der Waals surface area contributed by atoms with Crippen LogP contribution in [0.5, 0.6) is 0 Å². The molecule has 1 N–H and O–H groups in total. The van der Waals surface area contributed by atoms with Crippen LogP contribution in [0.1, 0.15) is 0 Å². The van der Waals surface area contributed by atoms with Crippen molar-refractivity contribution in [3.63, 3.8) is 0 Å². The molecule has 5 nitrogen and oxygen atoms in total. The van der Waals surface area contributed by atoms with E-state index >= 15 is 0 Å². The number of aliphatic hydroxyl groups excluding tert-OH is 1. The van der Waals surface area contributed by atoms with Crippen LogP contribution in [-0.2, 0) is 4.74 Å². The van der Waals surface area contributed by atoms with Gasteiger partial charge in [-0.15, -0.1) is 6.42 Å². The summed E-state index contributed by atoms with van der Waals surface area (Å²) in [7, 11) is -1.69. The standard InChI is InChI=1S/C9H17N3O2Si/c1-5-6-14-9(15(2,3)4)8(13)7-11-12-10/h1,8-9,13H,6-7H2,2-4H3. The highest BCUT2D eigenvalue weighted by Gasteiger charge is 2.33. The number of terminal acetylenes is 1. The second-order valence-electron chi connectivity index (χ2n) is 4.28. The van der Waals surface area contributed by atoms with Gasteiger partial charge in [-0.1, -0.05) is 30.7 Å². The number of azide groups is 1. The molecular weight excluding hydrogens is 210 g/mol. The van der Waals surface area contributed by atoms with Gasteiger partial charge in [-0.25, -0.2) is 0 Å². The minimum Gasteiger partial charge on any atom is -0.391 e. The summed E-state index contributed by atoms with van der Waals surface area (Å²) in [6, 6.07) is 0. The maximum atomic E-state index is 9.78. The smallest absolute Gasteiger partial charge is 0.107 e. The highest BCUT2D eigenvalue weighted by molar-refractivity contribution is 6.77. The molecule has 0 rings (SSSR count). The summed E-state index contributed by atoms with van der Waals surface area (Å²) in [4.78, 5) is 2.60. The Morgan fingerprint density at radius 2 is 2.20 bits per heavy atom. The molecule has 0 fully saturated rings. The topological polar surface area (TPSA) is 78.2 Å². The summed E-state index contributed by atoms with van der Waals surface area (Å²) in [5, 5.41) is 13.1. The van der Waals surface area contributed by atoms with Crippen LogP contribution in [0.4, 0.5) is 0 Å². The zero-order chi connectivity index (χ0) is 11.9. The SMILES string of the molecule is C#CCOC(C(O)CN=[N+]=[N-])[Si](C)(C)C. The lowest BCUT2D eigenvalue weighted by Gasteiger charge is -2.31. The van der Waals surface area contributed by atoms with Gasteiger partial charge < -0.3 is 9.84 Å². The third kappa shape index (κ3) is 5.45. The summed E-state index contributed by atoms with van der Waals surface area (Å²) in [5.41, 5.74) is 7.85. The third-order valence-electron chi connectivity index (χ3n) is 1.88. The van der Waals surface area contributed by atoms with E-state index in [0.29, 0.717) is 0 Å². The molecule has 0 spiro atoms. The Kier molecular flexibility index (Phi) is 6.05. The van der Waals surface area contributed by atoms with Crippen molar-refractivity contribution in [1.82, 2.24) is 0 Å². The summed E-state index contributed by atoms with van der Waals surface area (Å²) in [5.74, 6) is 2.37. The van der Waals surface area contributed by atoms with Gasteiger partial charge >= 0.3 is 0 Å². The highest BCUT2D eigenvalue weighted by Crippen LogP contribution is 2.15. The predicted octanol–water partition coefficient (Wildman–Crippen LogP) is 1.55. The van der Waals surface area contributed by atoms with Crippen LogP contribution in [0.25, 0.3) is 10.4 Å². The Hall–Kier alpha value is -0.993. The van der Waals surface area contributed by atoms with Crippen molar-refractivity contribution in [3.05, 3.63) is 10.4 Å². The quantitative estimate of drug-likeness (QED) is 0.246. The van der Waals surface area contributed by atoms with Crippen molar-refractivity contribution in [2.24, 2.45) is 5.11 Å². The first-order valence-electron chi connectivity index (χ1n) is 4.67. The van der Waals surface area contributed by atoms with Crippen molar-refractivity contribution >= 4 is 8.07 Å². The first-order chi connectivity index (χ1) is 6.93. The van der Waals surface area contributed by atoms with Gasteiger partial charge in [-0.2, -0.15) is 0 Å². The number of hydrogen-bond donors (Lipinski definition) is 1. The summed E-state index contributed by atoms with van der Waals surface area (Å²) < 4.78 is 5.41. The molecule has 0 saturated heterocycles. The molecule has 0 radical (unpaired) electrons. The molecule has 2 atom stereocenters. The van der Waals surface area contributed by atoms with Crippen molar-refractivity contribution in [3.8, 4) is 12.3 Å². The first-order valence-corrected chi connectivity index (χ1v) is 8.25. The molecule has 15 heavy (non-hydrogen) atoms. The maximum Gasteiger partial charge on any atom is 0.107 e. The molecule has 6 heteroatoms. The molecule has 0 aliphatic rings. The Morgan fingerprint density at radius 1 is 1.60 bits per heavy atom. The Bertz CT molecular complexity index is 276. The lowest BCUT2D eigenvalue weighted by Crippen LogP contribution is -2.49. The molecule has 0 aliphatic carbocycles. The van der Waals surface area contributed by atoms with Crippen LogP contribution in [0.2, 0.25) is 19.6 Å². The monoisotopic (exact) mass is 227 g/mol. The molecule has 0 aromatic carbocycles. The van der Waals surface area contributed by atoms with Crippen LogP contribution in [0.3, 0.4) is 0 Å². The molecule has 0 heterocycles. The minimum absolute atomic E-state index is 0.0238. The number of nitrogens with zero attached hydrogens (tertiary/aromatic N) is 3. The van der Waals surface area contributed by atoms with Crippen LogP contribution >= 0.6 is 0 Å². The van der Waals surface area contributed by atoms with E-state index in [9.17, 15) is 5.11 Å². The zero-order valence-corrected chi connectivity index (χ0v) is 10.3. The zero-order valence-electron chi connectivity index (χ0n) is 9.34. The fourth-order valence-electron chi connectivity index (χ4n) is 1.29. The van der Waals surface area contributed by atoms with Crippen molar-refractivity contribution in [1.29, 1.82) is 0 Å².